The van der Waals surface area contributed by atoms with Crippen LogP contribution in [0.25, 0.3) is 11.1 Å². The van der Waals surface area contributed by atoms with Gasteiger partial charge in [0.25, 0.3) is 5.91 Å². The quantitative estimate of drug-likeness (QED) is 0.649. The summed E-state index contributed by atoms with van der Waals surface area (Å²) in [4.78, 5) is 17.1. The van der Waals surface area contributed by atoms with Crippen LogP contribution in [0.3, 0.4) is 0 Å². The Labute approximate surface area is 183 Å². The van der Waals surface area contributed by atoms with Gasteiger partial charge < -0.3 is 4.90 Å². The van der Waals surface area contributed by atoms with Crippen molar-refractivity contribution in [2.24, 2.45) is 0 Å². The van der Waals surface area contributed by atoms with E-state index in [1.54, 1.807) is 0 Å². The van der Waals surface area contributed by atoms with E-state index >= 15 is 0 Å². The number of hydrogen-bond acceptors (Lipinski definition) is 3. The van der Waals surface area contributed by atoms with Crippen molar-refractivity contribution < 1.29 is 4.79 Å². The van der Waals surface area contributed by atoms with Gasteiger partial charge in [0.05, 0.1) is 0 Å². The molecule has 3 aromatic carbocycles. The minimum Gasteiger partial charge on any atom is -0.346 e. The first-order chi connectivity index (χ1) is 14.7. The molecule has 3 aromatic rings. The summed E-state index contributed by atoms with van der Waals surface area (Å²) < 4.78 is 0. The van der Waals surface area contributed by atoms with Gasteiger partial charge in [0.15, 0.2) is 5.11 Å². The smallest absolute Gasteiger partial charge is 0.257 e. The van der Waals surface area contributed by atoms with Crippen LogP contribution in [-0.2, 0) is 6.54 Å². The van der Waals surface area contributed by atoms with Crippen LogP contribution in [0, 0.1) is 0 Å². The molecule has 1 amide bonds. The molecule has 1 fully saturated rings. The normalized spacial score (nSPS) is 14.3. The highest BCUT2D eigenvalue weighted by atomic mass is 32.1. The van der Waals surface area contributed by atoms with Crippen LogP contribution in [0.1, 0.15) is 15.9 Å². The zero-order chi connectivity index (χ0) is 20.8. The van der Waals surface area contributed by atoms with Crippen LogP contribution < -0.4 is 5.32 Å². The summed E-state index contributed by atoms with van der Waals surface area (Å²) >= 11 is 5.50. The number of nitrogens with one attached hydrogen (secondary N) is 1. The molecule has 1 heterocycles. The highest BCUT2D eigenvalue weighted by Gasteiger charge is 2.20. The Morgan fingerprint density at radius 1 is 0.767 bits per heavy atom. The standard InChI is InChI=1S/C25H25N3OS/c29-24(23-13-11-22(12-14-23)21-9-5-2-6-10-21)26-25(30)28-17-15-27(16-18-28)19-20-7-3-1-4-8-20/h1-14H,15-19H2,(H,26,29,30). The first-order valence-electron chi connectivity index (χ1n) is 10.2. The molecule has 1 saturated heterocycles. The summed E-state index contributed by atoms with van der Waals surface area (Å²) in [5, 5.41) is 3.40. The van der Waals surface area contributed by atoms with Gasteiger partial charge in [0, 0.05) is 38.3 Å². The van der Waals surface area contributed by atoms with Gasteiger partial charge in [-0.25, -0.2) is 0 Å². The molecular formula is C25H25N3OS. The molecule has 0 radical (unpaired) electrons. The van der Waals surface area contributed by atoms with Crippen molar-refractivity contribution in [1.29, 1.82) is 0 Å². The molecule has 1 N–H and O–H groups in total. The van der Waals surface area contributed by atoms with Gasteiger partial charge in [-0.15, -0.1) is 0 Å². The summed E-state index contributed by atoms with van der Waals surface area (Å²) in [5.74, 6) is -0.161. The highest BCUT2D eigenvalue weighted by molar-refractivity contribution is 7.80. The van der Waals surface area contributed by atoms with Gasteiger partial charge in [-0.1, -0.05) is 72.8 Å². The lowest BCUT2D eigenvalue weighted by molar-refractivity contribution is 0.0969. The molecule has 5 heteroatoms. The Hall–Kier alpha value is -3.02. The Balaban J connectivity index is 1.28. The Morgan fingerprint density at radius 3 is 1.97 bits per heavy atom. The lowest BCUT2D eigenvalue weighted by Crippen LogP contribution is -2.52. The Morgan fingerprint density at radius 2 is 1.33 bits per heavy atom. The van der Waals surface area contributed by atoms with Gasteiger partial charge in [-0.2, -0.15) is 0 Å². The molecule has 4 nitrogen and oxygen atoms in total. The molecule has 0 aromatic heterocycles. The minimum atomic E-state index is -0.161. The number of thiocarbonyl (C=S) groups is 1. The molecule has 4 rings (SSSR count). The first-order valence-corrected chi connectivity index (χ1v) is 10.6. The van der Waals surface area contributed by atoms with Crippen molar-refractivity contribution >= 4 is 23.2 Å². The van der Waals surface area contributed by atoms with Gasteiger partial charge in [-0.3, -0.25) is 15.0 Å². The summed E-state index contributed by atoms with van der Waals surface area (Å²) in [6.07, 6.45) is 0. The number of carbonyl (C=O) groups excluding carboxylic acids is 1. The van der Waals surface area contributed by atoms with Crippen molar-refractivity contribution in [2.75, 3.05) is 26.2 Å². The molecular weight excluding hydrogens is 390 g/mol. The summed E-state index contributed by atoms with van der Waals surface area (Å²) in [6, 6.07) is 28.2. The van der Waals surface area contributed by atoms with Gasteiger partial charge >= 0.3 is 0 Å². The van der Waals surface area contributed by atoms with E-state index in [1.165, 1.54) is 5.56 Å². The average molecular weight is 416 g/mol. The monoisotopic (exact) mass is 415 g/mol. The molecule has 152 valence electrons. The first kappa shape index (κ1) is 20.3. The van der Waals surface area contributed by atoms with Crippen LogP contribution in [0.15, 0.2) is 84.9 Å². The van der Waals surface area contributed by atoms with E-state index in [1.807, 2.05) is 48.5 Å². The number of carbonyl (C=O) groups is 1. The molecule has 1 aliphatic heterocycles. The van der Waals surface area contributed by atoms with E-state index in [2.05, 4.69) is 51.5 Å². The molecule has 0 atom stereocenters. The van der Waals surface area contributed by atoms with Crippen LogP contribution in [0.2, 0.25) is 0 Å². The van der Waals surface area contributed by atoms with Crippen molar-refractivity contribution in [3.05, 3.63) is 96.1 Å². The van der Waals surface area contributed by atoms with Crippen molar-refractivity contribution in [2.45, 2.75) is 6.54 Å². The molecule has 30 heavy (non-hydrogen) atoms. The van der Waals surface area contributed by atoms with Gasteiger partial charge in [0.1, 0.15) is 0 Å². The lowest BCUT2D eigenvalue weighted by Gasteiger charge is -2.36. The second-order valence-corrected chi connectivity index (χ2v) is 7.84. The highest BCUT2D eigenvalue weighted by Crippen LogP contribution is 2.19. The molecule has 0 spiro atoms. The number of piperazine rings is 1. The zero-order valence-electron chi connectivity index (χ0n) is 16.8. The van der Waals surface area contributed by atoms with Crippen LogP contribution >= 0.6 is 12.2 Å². The number of nitrogens with zero attached hydrogens (tertiary/aromatic N) is 2. The molecule has 0 bridgehead atoms. The third-order valence-electron chi connectivity index (χ3n) is 5.38. The number of benzene rings is 3. The Kier molecular flexibility index (Phi) is 6.52. The van der Waals surface area contributed by atoms with Gasteiger partial charge in [-0.05, 0) is 41.0 Å². The van der Waals surface area contributed by atoms with Gasteiger partial charge in [0.2, 0.25) is 0 Å². The van der Waals surface area contributed by atoms with Crippen LogP contribution in [-0.4, -0.2) is 47.0 Å². The van der Waals surface area contributed by atoms with E-state index in [-0.39, 0.29) is 5.91 Å². The minimum absolute atomic E-state index is 0.161. The topological polar surface area (TPSA) is 35.6 Å². The lowest BCUT2D eigenvalue weighted by atomic mass is 10.0. The summed E-state index contributed by atoms with van der Waals surface area (Å²) in [7, 11) is 0. The predicted octanol–water partition coefficient (Wildman–Crippen LogP) is 4.19. The van der Waals surface area contributed by atoms with Crippen molar-refractivity contribution in [3.8, 4) is 11.1 Å². The van der Waals surface area contributed by atoms with E-state index < -0.39 is 0 Å². The fourth-order valence-corrected chi connectivity index (χ4v) is 3.92. The molecule has 0 saturated carbocycles. The predicted molar refractivity (Wildman–Crippen MR) is 125 cm³/mol. The largest absolute Gasteiger partial charge is 0.346 e. The number of rotatable bonds is 4. The third-order valence-corrected chi connectivity index (χ3v) is 5.74. The molecule has 0 unspecified atom stereocenters. The molecule has 0 aliphatic carbocycles. The van der Waals surface area contributed by atoms with E-state index in [0.29, 0.717) is 10.7 Å². The average Bonchev–Trinajstić information content (AvgIpc) is 2.81. The maximum Gasteiger partial charge on any atom is 0.257 e. The SMILES string of the molecule is O=C(NC(=S)N1CCN(Cc2ccccc2)CC1)c1ccc(-c2ccccc2)cc1. The molecule has 1 aliphatic rings. The fourth-order valence-electron chi connectivity index (χ4n) is 3.64. The van der Waals surface area contributed by atoms with E-state index in [9.17, 15) is 4.79 Å². The number of amides is 1. The second-order valence-electron chi connectivity index (χ2n) is 7.45. The van der Waals surface area contributed by atoms with Crippen LogP contribution in [0.5, 0.6) is 0 Å². The van der Waals surface area contributed by atoms with Crippen molar-refractivity contribution in [1.82, 2.24) is 15.1 Å². The summed E-state index contributed by atoms with van der Waals surface area (Å²) in [5.41, 5.74) is 4.15. The number of hydrogen-bond donors (Lipinski definition) is 1. The maximum absolute atomic E-state index is 12.6. The van der Waals surface area contributed by atoms with E-state index in [0.717, 1.165) is 43.9 Å². The maximum atomic E-state index is 12.6. The second kappa shape index (κ2) is 9.65. The Bertz CT molecular complexity index is 982. The summed E-state index contributed by atoms with van der Waals surface area (Å²) in [6.45, 7) is 4.44. The zero-order valence-corrected chi connectivity index (χ0v) is 17.6. The van der Waals surface area contributed by atoms with Crippen LogP contribution in [0.4, 0.5) is 0 Å². The van der Waals surface area contributed by atoms with Crippen molar-refractivity contribution in [3.63, 3.8) is 0 Å². The third kappa shape index (κ3) is 5.12. The fraction of sp³-hybridized carbons (Fsp3) is 0.200. The van der Waals surface area contributed by atoms with E-state index in [4.69, 9.17) is 12.2 Å².